The van der Waals surface area contributed by atoms with E-state index in [1.54, 1.807) is 14.0 Å². The standard InChI is InChI=1S/C28H34N4O4/c1-21(33)29-12-10-28(11-13-29,32-20-22-6-3-4-9-25(22)27(32)35)19-26(34)31-16-14-30(15-17-31)23-7-5-8-24(18-23)36-2/h3-9,18H,10-17,19-20H2,1-2H3. The molecule has 3 aliphatic heterocycles. The molecule has 2 saturated heterocycles. The van der Waals surface area contributed by atoms with Crippen molar-refractivity contribution in [2.45, 2.75) is 38.3 Å². The molecule has 0 spiro atoms. The van der Waals surface area contributed by atoms with Crippen LogP contribution in [0.2, 0.25) is 0 Å². The minimum absolute atomic E-state index is 0.00230. The summed E-state index contributed by atoms with van der Waals surface area (Å²) in [6.07, 6.45) is 1.52. The highest BCUT2D eigenvalue weighted by molar-refractivity contribution is 5.99. The Morgan fingerprint density at radius 1 is 0.917 bits per heavy atom. The van der Waals surface area contributed by atoms with Gasteiger partial charge < -0.3 is 24.3 Å². The van der Waals surface area contributed by atoms with Crippen molar-refractivity contribution in [3.8, 4) is 5.75 Å². The van der Waals surface area contributed by atoms with Gasteiger partial charge >= 0.3 is 0 Å². The van der Waals surface area contributed by atoms with E-state index in [0.717, 1.165) is 35.7 Å². The number of hydrogen-bond acceptors (Lipinski definition) is 5. The van der Waals surface area contributed by atoms with Crippen LogP contribution in [0.5, 0.6) is 5.75 Å². The quantitative estimate of drug-likeness (QED) is 0.645. The summed E-state index contributed by atoms with van der Waals surface area (Å²) in [6.45, 7) is 6.00. The predicted molar refractivity (Wildman–Crippen MR) is 137 cm³/mol. The molecule has 8 nitrogen and oxygen atoms in total. The minimum atomic E-state index is -0.580. The van der Waals surface area contributed by atoms with E-state index in [4.69, 9.17) is 4.74 Å². The average molecular weight is 491 g/mol. The van der Waals surface area contributed by atoms with Crippen LogP contribution in [0.3, 0.4) is 0 Å². The van der Waals surface area contributed by atoms with E-state index in [0.29, 0.717) is 45.6 Å². The fraction of sp³-hybridized carbons (Fsp3) is 0.464. The van der Waals surface area contributed by atoms with Gasteiger partial charge in [-0.1, -0.05) is 24.3 Å². The first kappa shape index (κ1) is 24.2. The number of piperidine rings is 1. The van der Waals surface area contributed by atoms with Crippen molar-refractivity contribution in [1.82, 2.24) is 14.7 Å². The van der Waals surface area contributed by atoms with E-state index in [1.807, 2.05) is 57.2 Å². The van der Waals surface area contributed by atoms with Crippen molar-refractivity contribution in [2.75, 3.05) is 51.3 Å². The topological polar surface area (TPSA) is 73.4 Å². The van der Waals surface area contributed by atoms with Gasteiger partial charge in [0.15, 0.2) is 0 Å². The zero-order valence-electron chi connectivity index (χ0n) is 21.1. The van der Waals surface area contributed by atoms with Crippen molar-refractivity contribution < 1.29 is 19.1 Å². The van der Waals surface area contributed by atoms with Crippen LogP contribution in [0.4, 0.5) is 5.69 Å². The summed E-state index contributed by atoms with van der Waals surface area (Å²) in [5.41, 5.74) is 2.25. The van der Waals surface area contributed by atoms with Crippen molar-refractivity contribution in [2.24, 2.45) is 0 Å². The molecule has 0 aromatic heterocycles. The van der Waals surface area contributed by atoms with Crippen LogP contribution in [0.25, 0.3) is 0 Å². The summed E-state index contributed by atoms with van der Waals surface area (Å²) in [5.74, 6) is 0.943. The van der Waals surface area contributed by atoms with Crippen LogP contribution in [0, 0.1) is 0 Å². The second-order valence-corrected chi connectivity index (χ2v) is 10.0. The second kappa shape index (κ2) is 9.84. The third kappa shape index (κ3) is 4.52. The number of ether oxygens (including phenoxy) is 1. The van der Waals surface area contributed by atoms with E-state index < -0.39 is 5.54 Å². The maximum Gasteiger partial charge on any atom is 0.254 e. The monoisotopic (exact) mass is 490 g/mol. The lowest BCUT2D eigenvalue weighted by atomic mass is 9.82. The molecule has 0 bridgehead atoms. The SMILES string of the molecule is COc1cccc(N2CCN(C(=O)CC3(N4Cc5ccccc5C4=O)CCN(C(C)=O)CC3)CC2)c1. The lowest BCUT2D eigenvalue weighted by Gasteiger charge is -2.48. The van der Waals surface area contributed by atoms with E-state index in [2.05, 4.69) is 11.0 Å². The van der Waals surface area contributed by atoms with Gasteiger partial charge in [0.2, 0.25) is 11.8 Å². The van der Waals surface area contributed by atoms with Crippen molar-refractivity contribution in [3.05, 3.63) is 59.7 Å². The van der Waals surface area contributed by atoms with Gasteiger partial charge in [0.05, 0.1) is 19.1 Å². The zero-order chi connectivity index (χ0) is 25.3. The van der Waals surface area contributed by atoms with Crippen LogP contribution in [0.1, 0.15) is 42.1 Å². The molecule has 36 heavy (non-hydrogen) atoms. The Kier molecular flexibility index (Phi) is 6.60. The first-order valence-electron chi connectivity index (χ1n) is 12.7. The van der Waals surface area contributed by atoms with E-state index in [-0.39, 0.29) is 24.1 Å². The number of nitrogens with zero attached hydrogens (tertiary/aromatic N) is 4. The molecule has 2 aromatic carbocycles. The Bertz CT molecular complexity index is 1150. The molecule has 3 heterocycles. The highest BCUT2D eigenvalue weighted by Gasteiger charge is 2.47. The molecule has 0 radical (unpaired) electrons. The van der Waals surface area contributed by atoms with Gasteiger partial charge in [0.1, 0.15) is 5.75 Å². The molecule has 8 heteroatoms. The zero-order valence-corrected chi connectivity index (χ0v) is 21.1. The van der Waals surface area contributed by atoms with Crippen LogP contribution < -0.4 is 9.64 Å². The fourth-order valence-electron chi connectivity index (χ4n) is 5.83. The summed E-state index contributed by atoms with van der Waals surface area (Å²) in [5, 5.41) is 0. The summed E-state index contributed by atoms with van der Waals surface area (Å²) < 4.78 is 5.36. The molecule has 190 valence electrons. The number of methoxy groups -OCH3 is 1. The number of carbonyl (C=O) groups is 3. The number of carbonyl (C=O) groups excluding carboxylic acids is 3. The Hall–Kier alpha value is -3.55. The number of rotatable bonds is 5. The predicted octanol–water partition coefficient (Wildman–Crippen LogP) is 2.77. The van der Waals surface area contributed by atoms with Gasteiger partial charge in [-0.25, -0.2) is 0 Å². The third-order valence-corrected chi connectivity index (χ3v) is 8.06. The summed E-state index contributed by atoms with van der Waals surface area (Å²) >= 11 is 0. The first-order chi connectivity index (χ1) is 17.4. The third-order valence-electron chi connectivity index (χ3n) is 8.06. The number of hydrogen-bond donors (Lipinski definition) is 0. The molecule has 0 atom stereocenters. The van der Waals surface area contributed by atoms with Crippen LogP contribution in [0.15, 0.2) is 48.5 Å². The largest absolute Gasteiger partial charge is 0.497 e. The summed E-state index contributed by atoms with van der Waals surface area (Å²) in [7, 11) is 1.66. The summed E-state index contributed by atoms with van der Waals surface area (Å²) in [6, 6.07) is 15.7. The maximum absolute atomic E-state index is 13.6. The van der Waals surface area contributed by atoms with Gasteiger partial charge in [-0.05, 0) is 36.6 Å². The smallest absolute Gasteiger partial charge is 0.254 e. The van der Waals surface area contributed by atoms with Gasteiger partial charge in [-0.15, -0.1) is 0 Å². The molecule has 0 unspecified atom stereocenters. The molecule has 0 aliphatic carbocycles. The lowest BCUT2D eigenvalue weighted by molar-refractivity contribution is -0.136. The number of anilines is 1. The first-order valence-corrected chi connectivity index (χ1v) is 12.7. The van der Waals surface area contributed by atoms with Crippen molar-refractivity contribution in [1.29, 1.82) is 0 Å². The normalized spacial score (nSPS) is 19.3. The molecule has 2 fully saturated rings. The van der Waals surface area contributed by atoms with Gasteiger partial charge in [0, 0.05) is 70.1 Å². The Morgan fingerprint density at radius 3 is 2.31 bits per heavy atom. The molecule has 0 saturated carbocycles. The number of piperazine rings is 1. The molecule has 3 aliphatic rings. The molecule has 0 N–H and O–H groups in total. The minimum Gasteiger partial charge on any atom is -0.497 e. The van der Waals surface area contributed by atoms with E-state index >= 15 is 0 Å². The van der Waals surface area contributed by atoms with Gasteiger partial charge in [-0.3, -0.25) is 14.4 Å². The lowest BCUT2D eigenvalue weighted by Crippen LogP contribution is -2.59. The number of fused-ring (bicyclic) bond motifs is 1. The number of benzene rings is 2. The fourth-order valence-corrected chi connectivity index (χ4v) is 5.83. The summed E-state index contributed by atoms with van der Waals surface area (Å²) in [4.78, 5) is 47.0. The maximum atomic E-state index is 13.6. The Morgan fingerprint density at radius 2 is 1.64 bits per heavy atom. The van der Waals surface area contributed by atoms with Crippen molar-refractivity contribution in [3.63, 3.8) is 0 Å². The highest BCUT2D eigenvalue weighted by atomic mass is 16.5. The van der Waals surface area contributed by atoms with Gasteiger partial charge in [0.25, 0.3) is 5.91 Å². The van der Waals surface area contributed by atoms with Crippen LogP contribution in [-0.2, 0) is 16.1 Å². The molecular weight excluding hydrogens is 456 g/mol. The van der Waals surface area contributed by atoms with Crippen LogP contribution >= 0.6 is 0 Å². The van der Waals surface area contributed by atoms with Crippen molar-refractivity contribution >= 4 is 23.4 Å². The van der Waals surface area contributed by atoms with E-state index in [1.165, 1.54) is 0 Å². The molecular formula is C28H34N4O4. The number of likely N-dealkylation sites (tertiary alicyclic amines) is 1. The Labute approximate surface area is 212 Å². The Balaban J connectivity index is 1.30. The van der Waals surface area contributed by atoms with Gasteiger partial charge in [-0.2, -0.15) is 0 Å². The van der Waals surface area contributed by atoms with Crippen LogP contribution in [-0.4, -0.2) is 84.3 Å². The average Bonchev–Trinajstić information content (AvgIpc) is 3.26. The second-order valence-electron chi connectivity index (χ2n) is 10.0. The highest BCUT2D eigenvalue weighted by Crippen LogP contribution is 2.39. The molecule has 5 rings (SSSR count). The number of amides is 3. The molecule has 3 amide bonds. The van der Waals surface area contributed by atoms with E-state index in [9.17, 15) is 14.4 Å². The molecule has 2 aromatic rings.